The molecule has 1 spiro atoms. The molecule has 3 aliphatic heterocycles. The van der Waals surface area contributed by atoms with Crippen LogP contribution in [0.2, 0.25) is 0 Å². The van der Waals surface area contributed by atoms with Gasteiger partial charge in [-0.05, 0) is 35.4 Å². The lowest BCUT2D eigenvalue weighted by Gasteiger charge is -2.32. The average molecular weight is 574 g/mol. The summed E-state index contributed by atoms with van der Waals surface area (Å²) in [4.78, 5) is 14.0. The third-order valence-corrected chi connectivity index (χ3v) is 7.98. The van der Waals surface area contributed by atoms with Crippen LogP contribution in [-0.2, 0) is 16.6 Å². The lowest BCUT2D eigenvalue weighted by Crippen LogP contribution is -2.39. The van der Waals surface area contributed by atoms with Crippen LogP contribution in [0, 0.1) is 0 Å². The lowest BCUT2D eigenvalue weighted by atomic mass is 9.69. The molecule has 0 radical (unpaired) electrons. The molecule has 3 aliphatic rings. The maximum atomic E-state index is 14.0. The van der Waals surface area contributed by atoms with Crippen LogP contribution in [0.5, 0.6) is 57.5 Å². The average Bonchev–Trinajstić information content (AvgIpc) is 3.43. The van der Waals surface area contributed by atoms with Crippen molar-refractivity contribution >= 4 is 5.97 Å². The lowest BCUT2D eigenvalue weighted by molar-refractivity contribution is -0.139. The molecule has 12 nitrogen and oxygen atoms in total. The molecule has 4 atom stereocenters. The number of carbonyl (C=O) groups excluding carboxylic acids is 1. The highest BCUT2D eigenvalue weighted by Crippen LogP contribution is 2.66. The van der Waals surface area contributed by atoms with E-state index in [4.69, 9.17) is 14.2 Å². The molecule has 42 heavy (non-hydrogen) atoms. The van der Waals surface area contributed by atoms with Crippen molar-refractivity contribution in [1.29, 1.82) is 0 Å². The summed E-state index contributed by atoms with van der Waals surface area (Å²) in [6.07, 6.45) is -3.70. The Balaban J connectivity index is 1.43. The fraction of sp³-hybridized carbons (Fsp3) is 0.167. The van der Waals surface area contributed by atoms with Crippen molar-refractivity contribution in [2.45, 2.75) is 30.1 Å². The first kappa shape index (κ1) is 25.5. The number of hydrogen-bond donors (Lipinski definition) is 8. The summed E-state index contributed by atoms with van der Waals surface area (Å²) in [5.41, 5.74) is -1.50. The number of ether oxygens (including phenoxy) is 3. The Bertz CT molecular complexity index is 1830. The van der Waals surface area contributed by atoms with Gasteiger partial charge >= 0.3 is 5.97 Å². The molecule has 0 aliphatic carbocycles. The Morgan fingerprint density at radius 3 is 2.00 bits per heavy atom. The number of esters is 1. The molecule has 0 aromatic heterocycles. The Labute approximate surface area is 236 Å². The van der Waals surface area contributed by atoms with Crippen molar-refractivity contribution in [2.24, 2.45) is 0 Å². The highest BCUT2D eigenvalue weighted by molar-refractivity contribution is 6.00. The first-order chi connectivity index (χ1) is 20.0. The highest BCUT2D eigenvalue weighted by Gasteiger charge is 2.66. The van der Waals surface area contributed by atoms with Crippen molar-refractivity contribution < 1.29 is 59.9 Å². The van der Waals surface area contributed by atoms with Gasteiger partial charge in [0.05, 0.1) is 17.2 Å². The van der Waals surface area contributed by atoms with E-state index in [0.29, 0.717) is 5.56 Å². The van der Waals surface area contributed by atoms with Crippen molar-refractivity contribution in [3.8, 4) is 57.5 Å². The van der Waals surface area contributed by atoms with Crippen LogP contribution in [0.3, 0.4) is 0 Å². The van der Waals surface area contributed by atoms with E-state index in [2.05, 4.69) is 0 Å². The molecular weight excluding hydrogens is 552 g/mol. The van der Waals surface area contributed by atoms with Crippen LogP contribution in [0.25, 0.3) is 0 Å². The molecule has 4 aromatic rings. The van der Waals surface area contributed by atoms with E-state index in [9.17, 15) is 45.6 Å². The van der Waals surface area contributed by atoms with E-state index in [0.717, 1.165) is 12.1 Å². The monoisotopic (exact) mass is 574 g/mol. The van der Waals surface area contributed by atoms with Gasteiger partial charge in [0.15, 0.2) is 28.4 Å². The number of phenolic OH excluding ortho intramolecular Hbond substituents is 7. The summed E-state index contributed by atoms with van der Waals surface area (Å²) in [5, 5.41) is 83.4. The molecule has 7 rings (SSSR count). The molecule has 0 fully saturated rings. The van der Waals surface area contributed by atoms with E-state index < -0.39 is 58.4 Å². The Kier molecular flexibility index (Phi) is 5.16. The van der Waals surface area contributed by atoms with E-state index in [1.165, 1.54) is 42.5 Å². The fourth-order valence-electron chi connectivity index (χ4n) is 6.18. The second-order valence-corrected chi connectivity index (χ2v) is 10.4. The van der Waals surface area contributed by atoms with Crippen LogP contribution < -0.4 is 14.2 Å². The minimum absolute atomic E-state index is 0.0758. The quantitative estimate of drug-likeness (QED) is 0.0988. The normalized spacial score (nSPS) is 23.5. The maximum Gasteiger partial charge on any atom is 0.331 e. The smallest absolute Gasteiger partial charge is 0.331 e. The Morgan fingerprint density at radius 2 is 1.31 bits per heavy atom. The summed E-state index contributed by atoms with van der Waals surface area (Å²) >= 11 is 0. The van der Waals surface area contributed by atoms with Crippen LogP contribution in [-0.4, -0.2) is 52.9 Å². The summed E-state index contributed by atoms with van der Waals surface area (Å²) in [7, 11) is 0. The molecule has 8 N–H and O–H groups in total. The molecule has 4 aromatic carbocycles. The van der Waals surface area contributed by atoms with Gasteiger partial charge in [0, 0.05) is 30.2 Å². The Hall–Kier alpha value is -5.49. The van der Waals surface area contributed by atoms with Crippen LogP contribution in [0.4, 0.5) is 0 Å². The van der Waals surface area contributed by atoms with Gasteiger partial charge in [-0.2, -0.15) is 0 Å². The SMILES string of the molecule is O=C1Oc2c3c(cc(O)c2[C@@]12c1c(O)cc(O)cc1O[C@H]2c1ccc(O)c(O)c1)O[C@H](c1ccc(O)c(O)c1)[C@@H](O)C3. The molecule has 0 unspecified atom stereocenters. The summed E-state index contributed by atoms with van der Waals surface area (Å²) in [6, 6.07) is 11.1. The maximum absolute atomic E-state index is 14.0. The van der Waals surface area contributed by atoms with Crippen LogP contribution in [0.1, 0.15) is 40.0 Å². The van der Waals surface area contributed by atoms with E-state index in [1.54, 1.807) is 0 Å². The van der Waals surface area contributed by atoms with Gasteiger partial charge in [0.2, 0.25) is 0 Å². The molecule has 0 amide bonds. The van der Waals surface area contributed by atoms with E-state index in [1.807, 2.05) is 0 Å². The van der Waals surface area contributed by atoms with Gasteiger partial charge in [0.25, 0.3) is 0 Å². The third kappa shape index (κ3) is 3.29. The van der Waals surface area contributed by atoms with Crippen molar-refractivity contribution in [3.63, 3.8) is 0 Å². The number of fused-ring (bicyclic) bond motifs is 6. The summed E-state index contributed by atoms with van der Waals surface area (Å²) in [5.74, 6) is -4.19. The number of benzene rings is 4. The van der Waals surface area contributed by atoms with Crippen molar-refractivity contribution in [2.75, 3.05) is 0 Å². The zero-order valence-corrected chi connectivity index (χ0v) is 21.3. The number of rotatable bonds is 2. The second-order valence-electron chi connectivity index (χ2n) is 10.4. The standard InChI is InChI=1S/C30H22O12/c31-13-7-19(36)24-23(8-13)41-28(12-2-4-16(33)18(35)6-12)30(24)25-20(37)10-22-14(27(25)42-29(30)39)9-21(38)26(40-22)11-1-3-15(32)17(34)5-11/h1-8,10,21,26,28,31-38H,9H2/t21-,26+,28-,30+/m0/s1. The predicted molar refractivity (Wildman–Crippen MR) is 140 cm³/mol. The van der Waals surface area contributed by atoms with Crippen LogP contribution >= 0.6 is 0 Å². The van der Waals surface area contributed by atoms with Gasteiger partial charge in [-0.15, -0.1) is 0 Å². The minimum atomic E-state index is -2.05. The van der Waals surface area contributed by atoms with Gasteiger partial charge in [-0.25, -0.2) is 0 Å². The summed E-state index contributed by atoms with van der Waals surface area (Å²) < 4.78 is 17.8. The Morgan fingerprint density at radius 1 is 0.667 bits per heavy atom. The highest BCUT2D eigenvalue weighted by atomic mass is 16.6. The zero-order valence-electron chi connectivity index (χ0n) is 21.3. The fourth-order valence-corrected chi connectivity index (χ4v) is 6.18. The van der Waals surface area contributed by atoms with Crippen molar-refractivity contribution in [1.82, 2.24) is 0 Å². The predicted octanol–water partition coefficient (Wildman–Crippen LogP) is 3.00. The molecule has 3 heterocycles. The molecule has 12 heteroatoms. The number of aliphatic hydroxyl groups is 1. The largest absolute Gasteiger partial charge is 0.508 e. The van der Waals surface area contributed by atoms with Gasteiger partial charge in [-0.1, -0.05) is 12.1 Å². The third-order valence-electron chi connectivity index (χ3n) is 7.98. The molecule has 0 bridgehead atoms. The van der Waals surface area contributed by atoms with Gasteiger partial charge < -0.3 is 55.1 Å². The number of aliphatic hydroxyl groups excluding tert-OH is 1. The van der Waals surface area contributed by atoms with Crippen LogP contribution in [0.15, 0.2) is 54.6 Å². The topological polar surface area (TPSA) is 207 Å². The van der Waals surface area contributed by atoms with E-state index >= 15 is 0 Å². The minimum Gasteiger partial charge on any atom is -0.508 e. The number of aromatic hydroxyl groups is 7. The molecule has 0 saturated heterocycles. The number of hydrogen-bond acceptors (Lipinski definition) is 12. The first-order valence-corrected chi connectivity index (χ1v) is 12.7. The van der Waals surface area contributed by atoms with Gasteiger partial charge in [-0.3, -0.25) is 4.79 Å². The summed E-state index contributed by atoms with van der Waals surface area (Å²) in [6.45, 7) is 0. The number of carbonyl (C=O) groups is 1. The molecular formula is C30H22O12. The van der Waals surface area contributed by atoms with Gasteiger partial charge in [0.1, 0.15) is 46.7 Å². The molecule has 214 valence electrons. The first-order valence-electron chi connectivity index (χ1n) is 12.7. The second kappa shape index (κ2) is 8.51. The zero-order chi connectivity index (χ0) is 29.7. The van der Waals surface area contributed by atoms with Crippen molar-refractivity contribution in [3.05, 3.63) is 82.4 Å². The van der Waals surface area contributed by atoms with E-state index in [-0.39, 0.29) is 57.4 Å². The number of phenols is 7. The molecule has 0 saturated carbocycles.